The number of imide groups is 1. The monoisotopic (exact) mass is 234 g/mol. The van der Waals surface area contributed by atoms with Crippen molar-refractivity contribution in [2.24, 2.45) is 0 Å². The fraction of sp³-hybridized carbons (Fsp3) is 0.167. The minimum atomic E-state index is -0.469. The molecule has 0 aromatic heterocycles. The Morgan fingerprint density at radius 3 is 2.59 bits per heavy atom. The summed E-state index contributed by atoms with van der Waals surface area (Å²) in [6, 6.07) is 5.98. The summed E-state index contributed by atoms with van der Waals surface area (Å²) in [6.45, 7) is 2.01. The third-order valence-electron chi connectivity index (χ3n) is 2.47. The van der Waals surface area contributed by atoms with Crippen LogP contribution in [0.2, 0.25) is 0 Å². The Balaban J connectivity index is 2.22. The summed E-state index contributed by atoms with van der Waals surface area (Å²) < 4.78 is 13.3. The number of hydrogen-bond donors (Lipinski definition) is 1. The molecule has 1 aromatic rings. The molecule has 1 N–H and O–H groups in total. The number of likely N-dealkylation sites (N-methyl/N-ethyl adjacent to an activating group) is 1. The summed E-state index contributed by atoms with van der Waals surface area (Å²) in [5, 5.41) is 2.63. The highest BCUT2D eigenvalue weighted by Crippen LogP contribution is 2.19. The van der Waals surface area contributed by atoms with Crippen LogP contribution in [0.3, 0.4) is 0 Å². The Kier molecular flexibility index (Phi) is 2.91. The quantitative estimate of drug-likeness (QED) is 0.806. The van der Waals surface area contributed by atoms with Gasteiger partial charge in [0, 0.05) is 12.6 Å². The number of para-hydroxylation sites is 1. The fourth-order valence-corrected chi connectivity index (χ4v) is 1.61. The van der Waals surface area contributed by atoms with Gasteiger partial charge in [-0.2, -0.15) is 0 Å². The summed E-state index contributed by atoms with van der Waals surface area (Å²) >= 11 is 0. The van der Waals surface area contributed by atoms with Gasteiger partial charge in [-0.05, 0) is 19.1 Å². The number of hydrogen-bond acceptors (Lipinski definition) is 3. The average molecular weight is 234 g/mol. The van der Waals surface area contributed by atoms with Gasteiger partial charge in [0.2, 0.25) is 0 Å². The van der Waals surface area contributed by atoms with Crippen molar-refractivity contribution in [1.82, 2.24) is 4.90 Å². The Labute approximate surface area is 97.7 Å². The largest absolute Gasteiger partial charge is 0.348 e. The first-order valence-corrected chi connectivity index (χ1v) is 5.22. The highest BCUT2D eigenvalue weighted by molar-refractivity contribution is 6.17. The fourth-order valence-electron chi connectivity index (χ4n) is 1.61. The second-order valence-electron chi connectivity index (χ2n) is 3.55. The maximum atomic E-state index is 13.3. The number of amides is 2. The molecule has 0 spiro atoms. The molecule has 0 atom stereocenters. The van der Waals surface area contributed by atoms with E-state index < -0.39 is 11.7 Å². The molecule has 4 nitrogen and oxygen atoms in total. The first-order valence-electron chi connectivity index (χ1n) is 5.22. The maximum Gasteiger partial charge on any atom is 0.277 e. The van der Waals surface area contributed by atoms with Crippen molar-refractivity contribution < 1.29 is 14.0 Å². The number of carbonyl (C=O) groups excluding carboxylic acids is 2. The van der Waals surface area contributed by atoms with Crippen LogP contribution in [0.1, 0.15) is 6.92 Å². The number of halogens is 1. The lowest BCUT2D eigenvalue weighted by Crippen LogP contribution is -2.31. The second-order valence-corrected chi connectivity index (χ2v) is 3.55. The van der Waals surface area contributed by atoms with Crippen LogP contribution in [-0.4, -0.2) is 23.3 Å². The van der Waals surface area contributed by atoms with E-state index >= 15 is 0 Å². The third kappa shape index (κ3) is 2.04. The molecular formula is C12H11FN2O2. The van der Waals surface area contributed by atoms with Gasteiger partial charge in [-0.15, -0.1) is 0 Å². The predicted octanol–water partition coefficient (Wildman–Crippen LogP) is 1.51. The topological polar surface area (TPSA) is 49.4 Å². The van der Waals surface area contributed by atoms with Crippen LogP contribution in [0.4, 0.5) is 10.1 Å². The normalized spacial score (nSPS) is 15.2. The minimum absolute atomic E-state index is 0.0990. The molecule has 88 valence electrons. The standard InChI is InChI=1S/C12H11FN2O2/c1-2-15-11(16)7-10(12(15)17)14-9-6-4-3-5-8(9)13/h3-7,14H,2H2,1H3. The Bertz CT molecular complexity index is 511. The summed E-state index contributed by atoms with van der Waals surface area (Å²) in [6.07, 6.45) is 1.18. The van der Waals surface area contributed by atoms with Crippen LogP contribution in [0.5, 0.6) is 0 Å². The number of nitrogens with one attached hydrogen (secondary N) is 1. The van der Waals surface area contributed by atoms with Crippen LogP contribution < -0.4 is 5.32 Å². The minimum Gasteiger partial charge on any atom is -0.348 e. The van der Waals surface area contributed by atoms with E-state index in [0.29, 0.717) is 6.54 Å². The van der Waals surface area contributed by atoms with Gasteiger partial charge < -0.3 is 5.32 Å². The second kappa shape index (κ2) is 4.37. The molecular weight excluding hydrogens is 223 g/mol. The summed E-state index contributed by atoms with van der Waals surface area (Å²) in [7, 11) is 0. The van der Waals surface area contributed by atoms with Gasteiger partial charge in [0.25, 0.3) is 11.8 Å². The van der Waals surface area contributed by atoms with Crippen LogP contribution in [-0.2, 0) is 9.59 Å². The van der Waals surface area contributed by atoms with Crippen molar-refractivity contribution in [3.8, 4) is 0 Å². The molecule has 5 heteroatoms. The number of nitrogens with zero attached hydrogens (tertiary/aromatic N) is 1. The van der Waals surface area contributed by atoms with Crippen LogP contribution >= 0.6 is 0 Å². The molecule has 1 heterocycles. The van der Waals surface area contributed by atoms with E-state index in [1.807, 2.05) is 0 Å². The van der Waals surface area contributed by atoms with Crippen molar-refractivity contribution in [2.75, 3.05) is 11.9 Å². The smallest absolute Gasteiger partial charge is 0.277 e. The number of benzene rings is 1. The van der Waals surface area contributed by atoms with E-state index in [4.69, 9.17) is 0 Å². The Hall–Kier alpha value is -2.17. The number of carbonyl (C=O) groups is 2. The van der Waals surface area contributed by atoms with Gasteiger partial charge >= 0.3 is 0 Å². The number of anilines is 1. The summed E-state index contributed by atoms with van der Waals surface area (Å²) in [5.74, 6) is -1.28. The van der Waals surface area contributed by atoms with Gasteiger partial charge in [0.1, 0.15) is 11.5 Å². The molecule has 0 fully saturated rings. The van der Waals surface area contributed by atoms with E-state index in [1.165, 1.54) is 18.2 Å². The highest BCUT2D eigenvalue weighted by atomic mass is 19.1. The van der Waals surface area contributed by atoms with Gasteiger partial charge in [0.05, 0.1) is 5.69 Å². The SMILES string of the molecule is CCN1C(=O)C=C(Nc2ccccc2F)C1=O. The molecule has 1 aliphatic rings. The molecule has 1 aromatic carbocycles. The van der Waals surface area contributed by atoms with Crippen molar-refractivity contribution in [1.29, 1.82) is 0 Å². The maximum absolute atomic E-state index is 13.3. The molecule has 2 rings (SSSR count). The van der Waals surface area contributed by atoms with Crippen molar-refractivity contribution >= 4 is 17.5 Å². The van der Waals surface area contributed by atoms with Gasteiger partial charge in [-0.25, -0.2) is 4.39 Å². The zero-order valence-corrected chi connectivity index (χ0v) is 9.24. The van der Waals surface area contributed by atoms with Crippen LogP contribution in [0.15, 0.2) is 36.0 Å². The Morgan fingerprint density at radius 2 is 2.00 bits per heavy atom. The lowest BCUT2D eigenvalue weighted by atomic mass is 10.3. The van der Waals surface area contributed by atoms with Gasteiger partial charge in [0.15, 0.2) is 0 Å². The van der Waals surface area contributed by atoms with Gasteiger partial charge in [-0.1, -0.05) is 12.1 Å². The predicted molar refractivity (Wildman–Crippen MR) is 60.5 cm³/mol. The molecule has 0 aliphatic carbocycles. The van der Waals surface area contributed by atoms with Crippen molar-refractivity contribution in [3.05, 3.63) is 41.9 Å². The first kappa shape index (κ1) is 11.3. The van der Waals surface area contributed by atoms with E-state index in [0.717, 1.165) is 4.90 Å². The third-order valence-corrected chi connectivity index (χ3v) is 2.47. The molecule has 0 saturated carbocycles. The van der Waals surface area contributed by atoms with Crippen molar-refractivity contribution in [2.45, 2.75) is 6.92 Å². The summed E-state index contributed by atoms with van der Waals surface area (Å²) in [4.78, 5) is 24.2. The van der Waals surface area contributed by atoms with Crippen molar-refractivity contribution in [3.63, 3.8) is 0 Å². The molecule has 2 amide bonds. The Morgan fingerprint density at radius 1 is 1.29 bits per heavy atom. The lowest BCUT2D eigenvalue weighted by molar-refractivity contribution is -0.136. The molecule has 0 saturated heterocycles. The lowest BCUT2D eigenvalue weighted by Gasteiger charge is -2.12. The first-order chi connectivity index (χ1) is 8.13. The van der Waals surface area contributed by atoms with Crippen LogP contribution in [0.25, 0.3) is 0 Å². The van der Waals surface area contributed by atoms with E-state index in [2.05, 4.69) is 5.32 Å². The molecule has 17 heavy (non-hydrogen) atoms. The zero-order chi connectivity index (χ0) is 12.4. The molecule has 0 unspecified atom stereocenters. The van der Waals surface area contributed by atoms with E-state index in [-0.39, 0.29) is 17.3 Å². The van der Waals surface area contributed by atoms with Crippen LogP contribution in [0, 0.1) is 5.82 Å². The molecule has 1 aliphatic heterocycles. The number of rotatable bonds is 3. The van der Waals surface area contributed by atoms with E-state index in [1.54, 1.807) is 19.1 Å². The summed E-state index contributed by atoms with van der Waals surface area (Å²) in [5.41, 5.74) is 0.278. The van der Waals surface area contributed by atoms with E-state index in [9.17, 15) is 14.0 Å². The van der Waals surface area contributed by atoms with Gasteiger partial charge in [-0.3, -0.25) is 14.5 Å². The molecule has 0 bridgehead atoms. The highest BCUT2D eigenvalue weighted by Gasteiger charge is 2.29. The molecule has 0 radical (unpaired) electrons. The average Bonchev–Trinajstić information content (AvgIpc) is 2.57. The zero-order valence-electron chi connectivity index (χ0n) is 9.24.